The van der Waals surface area contributed by atoms with Gasteiger partial charge in [-0.2, -0.15) is 0 Å². The van der Waals surface area contributed by atoms with Crippen LogP contribution in [-0.4, -0.2) is 30.8 Å². The van der Waals surface area contributed by atoms with E-state index in [1.54, 1.807) is 6.92 Å². The van der Waals surface area contributed by atoms with Crippen LogP contribution in [0.5, 0.6) is 0 Å². The maximum atomic E-state index is 11.8. The van der Waals surface area contributed by atoms with E-state index < -0.39 is 17.6 Å². The standard InChI is InChI=1S/C13H23NO4/c1-9(2)13(3,11(15)17-4)14-12(16)18-10-7-5-6-8-10/h9-10H,5-8H2,1-4H3,(H,14,16). The molecule has 1 unspecified atom stereocenters. The molecule has 0 aliphatic heterocycles. The van der Waals surface area contributed by atoms with Crippen molar-refractivity contribution in [3.05, 3.63) is 0 Å². The van der Waals surface area contributed by atoms with Gasteiger partial charge in [0, 0.05) is 0 Å². The van der Waals surface area contributed by atoms with Crippen molar-refractivity contribution in [1.29, 1.82) is 0 Å². The van der Waals surface area contributed by atoms with E-state index in [1.165, 1.54) is 7.11 Å². The van der Waals surface area contributed by atoms with Crippen LogP contribution in [0, 0.1) is 5.92 Å². The molecule has 0 aromatic carbocycles. The monoisotopic (exact) mass is 257 g/mol. The molecule has 1 N–H and O–H groups in total. The van der Waals surface area contributed by atoms with Crippen LogP contribution >= 0.6 is 0 Å². The van der Waals surface area contributed by atoms with Crippen LogP contribution < -0.4 is 5.32 Å². The first-order chi connectivity index (χ1) is 8.40. The fourth-order valence-corrected chi connectivity index (χ4v) is 2.04. The first-order valence-electron chi connectivity index (χ1n) is 6.47. The van der Waals surface area contributed by atoms with Gasteiger partial charge in [-0.25, -0.2) is 9.59 Å². The van der Waals surface area contributed by atoms with Crippen molar-refractivity contribution in [3.8, 4) is 0 Å². The molecule has 1 aliphatic carbocycles. The molecule has 1 aliphatic rings. The molecule has 0 aromatic heterocycles. The fraction of sp³-hybridized carbons (Fsp3) is 0.846. The molecule has 0 spiro atoms. The molecule has 5 nitrogen and oxygen atoms in total. The number of hydrogen-bond donors (Lipinski definition) is 1. The molecule has 0 radical (unpaired) electrons. The number of methoxy groups -OCH3 is 1. The molecule has 1 fully saturated rings. The van der Waals surface area contributed by atoms with Gasteiger partial charge in [-0.05, 0) is 38.5 Å². The lowest BCUT2D eigenvalue weighted by atomic mass is 9.89. The second-order valence-corrected chi connectivity index (χ2v) is 5.29. The topological polar surface area (TPSA) is 64.6 Å². The minimum atomic E-state index is -1.05. The van der Waals surface area contributed by atoms with Crippen LogP contribution in [0.25, 0.3) is 0 Å². The summed E-state index contributed by atoms with van der Waals surface area (Å²) in [7, 11) is 1.31. The number of hydrogen-bond acceptors (Lipinski definition) is 4. The molecule has 1 saturated carbocycles. The molecular formula is C13H23NO4. The highest BCUT2D eigenvalue weighted by Crippen LogP contribution is 2.22. The first kappa shape index (κ1) is 14.8. The van der Waals surface area contributed by atoms with Gasteiger partial charge in [0.1, 0.15) is 11.6 Å². The van der Waals surface area contributed by atoms with Gasteiger partial charge in [0.05, 0.1) is 7.11 Å². The normalized spacial score (nSPS) is 19.4. The van der Waals surface area contributed by atoms with Crippen molar-refractivity contribution < 1.29 is 19.1 Å². The molecular weight excluding hydrogens is 234 g/mol. The van der Waals surface area contributed by atoms with Gasteiger partial charge in [0.25, 0.3) is 0 Å². The summed E-state index contributed by atoms with van der Waals surface area (Å²) in [6.07, 6.45) is 3.45. The van der Waals surface area contributed by atoms with Gasteiger partial charge in [0.2, 0.25) is 0 Å². The van der Waals surface area contributed by atoms with E-state index in [1.807, 2.05) is 13.8 Å². The maximum Gasteiger partial charge on any atom is 0.408 e. The SMILES string of the molecule is COC(=O)C(C)(NC(=O)OC1CCCC1)C(C)C. The Bertz CT molecular complexity index is 310. The van der Waals surface area contributed by atoms with E-state index in [0.29, 0.717) is 0 Å². The summed E-state index contributed by atoms with van der Waals surface area (Å²) < 4.78 is 10.0. The number of amides is 1. The summed E-state index contributed by atoms with van der Waals surface area (Å²) in [5, 5.41) is 2.63. The molecule has 1 rings (SSSR count). The zero-order valence-corrected chi connectivity index (χ0v) is 11.6. The molecule has 0 bridgehead atoms. The van der Waals surface area contributed by atoms with Gasteiger partial charge in [-0.1, -0.05) is 13.8 Å². The summed E-state index contributed by atoms with van der Waals surface area (Å²) in [6, 6.07) is 0. The highest BCUT2D eigenvalue weighted by Gasteiger charge is 2.40. The minimum absolute atomic E-state index is 0.0148. The number of esters is 1. The van der Waals surface area contributed by atoms with Crippen molar-refractivity contribution in [2.45, 2.75) is 58.1 Å². The average molecular weight is 257 g/mol. The molecule has 5 heteroatoms. The Balaban J connectivity index is 2.60. The van der Waals surface area contributed by atoms with Crippen LogP contribution in [0.1, 0.15) is 46.5 Å². The van der Waals surface area contributed by atoms with E-state index in [0.717, 1.165) is 25.7 Å². The summed E-state index contributed by atoms with van der Waals surface area (Å²) in [4.78, 5) is 23.6. The van der Waals surface area contributed by atoms with Crippen molar-refractivity contribution in [2.24, 2.45) is 5.92 Å². The number of rotatable bonds is 4. The van der Waals surface area contributed by atoms with Crippen LogP contribution in [0.2, 0.25) is 0 Å². The molecule has 18 heavy (non-hydrogen) atoms. The third-order valence-corrected chi connectivity index (χ3v) is 3.70. The third kappa shape index (κ3) is 3.37. The summed E-state index contributed by atoms with van der Waals surface area (Å²) >= 11 is 0. The Morgan fingerprint density at radius 1 is 1.28 bits per heavy atom. The molecule has 0 saturated heterocycles. The summed E-state index contributed by atoms with van der Waals surface area (Å²) in [5.41, 5.74) is -1.05. The van der Waals surface area contributed by atoms with Crippen LogP contribution in [0.3, 0.4) is 0 Å². The zero-order chi connectivity index (χ0) is 13.8. The Morgan fingerprint density at radius 2 is 1.83 bits per heavy atom. The largest absolute Gasteiger partial charge is 0.467 e. The predicted molar refractivity (Wildman–Crippen MR) is 67.1 cm³/mol. The Hall–Kier alpha value is -1.26. The fourth-order valence-electron chi connectivity index (χ4n) is 2.04. The highest BCUT2D eigenvalue weighted by molar-refractivity contribution is 5.85. The van der Waals surface area contributed by atoms with Gasteiger partial charge in [-0.15, -0.1) is 0 Å². The van der Waals surface area contributed by atoms with E-state index >= 15 is 0 Å². The maximum absolute atomic E-state index is 11.8. The Kier molecular flexibility index (Phi) is 4.99. The lowest BCUT2D eigenvalue weighted by molar-refractivity contribution is -0.149. The van der Waals surface area contributed by atoms with Gasteiger partial charge in [0.15, 0.2) is 0 Å². The van der Waals surface area contributed by atoms with E-state index in [2.05, 4.69) is 5.32 Å². The first-order valence-corrected chi connectivity index (χ1v) is 6.47. The van der Waals surface area contributed by atoms with Crippen molar-refractivity contribution in [2.75, 3.05) is 7.11 Å². The smallest absolute Gasteiger partial charge is 0.408 e. The molecule has 0 heterocycles. The van der Waals surface area contributed by atoms with E-state index in [9.17, 15) is 9.59 Å². The summed E-state index contributed by atoms with van der Waals surface area (Å²) in [5.74, 6) is -0.540. The highest BCUT2D eigenvalue weighted by atomic mass is 16.6. The molecule has 104 valence electrons. The van der Waals surface area contributed by atoms with Crippen LogP contribution in [0.4, 0.5) is 4.79 Å². The van der Waals surface area contributed by atoms with Gasteiger partial charge < -0.3 is 14.8 Å². The van der Waals surface area contributed by atoms with E-state index in [4.69, 9.17) is 9.47 Å². The predicted octanol–water partition coefficient (Wildman–Crippen LogP) is 2.24. The number of carbonyl (C=O) groups is 2. The van der Waals surface area contributed by atoms with Crippen molar-refractivity contribution in [3.63, 3.8) is 0 Å². The van der Waals surface area contributed by atoms with Gasteiger partial charge >= 0.3 is 12.1 Å². The second kappa shape index (κ2) is 6.07. The average Bonchev–Trinajstić information content (AvgIpc) is 2.79. The molecule has 0 aromatic rings. The number of nitrogens with one attached hydrogen (secondary N) is 1. The summed E-state index contributed by atoms with van der Waals surface area (Å²) in [6.45, 7) is 5.36. The number of ether oxygens (including phenoxy) is 2. The molecule has 1 amide bonds. The molecule has 1 atom stereocenters. The van der Waals surface area contributed by atoms with Gasteiger partial charge in [-0.3, -0.25) is 0 Å². The minimum Gasteiger partial charge on any atom is -0.467 e. The zero-order valence-electron chi connectivity index (χ0n) is 11.6. The van der Waals surface area contributed by atoms with Crippen molar-refractivity contribution in [1.82, 2.24) is 5.32 Å². The Labute approximate surface area is 108 Å². The van der Waals surface area contributed by atoms with E-state index in [-0.39, 0.29) is 12.0 Å². The quantitative estimate of drug-likeness (QED) is 0.784. The lowest BCUT2D eigenvalue weighted by Gasteiger charge is -2.31. The van der Waals surface area contributed by atoms with Crippen LogP contribution in [-0.2, 0) is 14.3 Å². The van der Waals surface area contributed by atoms with Crippen molar-refractivity contribution >= 4 is 12.1 Å². The lowest BCUT2D eigenvalue weighted by Crippen LogP contribution is -2.56. The second-order valence-electron chi connectivity index (χ2n) is 5.29. The van der Waals surface area contributed by atoms with Crippen LogP contribution in [0.15, 0.2) is 0 Å². The number of alkyl carbamates (subject to hydrolysis) is 1. The third-order valence-electron chi connectivity index (χ3n) is 3.70. The Morgan fingerprint density at radius 3 is 2.28 bits per heavy atom. The number of carbonyl (C=O) groups excluding carboxylic acids is 2.